The van der Waals surface area contributed by atoms with Crippen LogP contribution in [0.4, 0.5) is 0 Å². The van der Waals surface area contributed by atoms with Gasteiger partial charge in [0.05, 0.1) is 12.4 Å². The van der Waals surface area contributed by atoms with Gasteiger partial charge in [-0.15, -0.1) is 0 Å². The molecule has 0 aromatic carbocycles. The highest BCUT2D eigenvalue weighted by molar-refractivity contribution is 4.98. The average molecular weight is 240 g/mol. The Labute approximate surface area is 104 Å². The van der Waals surface area contributed by atoms with Crippen LogP contribution in [0.3, 0.4) is 0 Å². The van der Waals surface area contributed by atoms with Crippen molar-refractivity contribution in [1.82, 2.24) is 10.2 Å². The average Bonchev–Trinajstić information content (AvgIpc) is 2.75. The minimum absolute atomic E-state index is 0.309. The first-order chi connectivity index (χ1) is 8.08. The molecule has 98 valence electrons. The van der Waals surface area contributed by atoms with Crippen molar-refractivity contribution >= 4 is 0 Å². The van der Waals surface area contributed by atoms with Crippen molar-refractivity contribution in [3.05, 3.63) is 24.2 Å². The van der Waals surface area contributed by atoms with Crippen LogP contribution in [0.5, 0.6) is 0 Å². The lowest BCUT2D eigenvalue weighted by Crippen LogP contribution is -2.38. The lowest BCUT2D eigenvalue weighted by atomic mass is 10.1. The van der Waals surface area contributed by atoms with Crippen molar-refractivity contribution in [2.24, 2.45) is 0 Å². The second-order valence-corrected chi connectivity index (χ2v) is 4.84. The van der Waals surface area contributed by atoms with Gasteiger partial charge >= 0.3 is 0 Å². The molecule has 0 bridgehead atoms. The van der Waals surface area contributed by atoms with Crippen LogP contribution in [-0.2, 0) is 6.42 Å². The number of rotatable bonds is 8. The molecule has 0 radical (unpaired) electrons. The third-order valence-corrected chi connectivity index (χ3v) is 2.68. The maximum atomic E-state index is 9.70. The van der Waals surface area contributed by atoms with Crippen molar-refractivity contribution in [3.8, 4) is 0 Å². The summed E-state index contributed by atoms with van der Waals surface area (Å²) in [5, 5.41) is 13.0. The molecule has 1 heterocycles. The summed E-state index contributed by atoms with van der Waals surface area (Å²) in [5.74, 6) is 1.02. The lowest BCUT2D eigenvalue weighted by molar-refractivity contribution is 0.131. The predicted molar refractivity (Wildman–Crippen MR) is 69.1 cm³/mol. The molecular formula is C13H24N2O2. The number of hydrogen-bond donors (Lipinski definition) is 2. The van der Waals surface area contributed by atoms with Crippen LogP contribution in [0.15, 0.2) is 22.8 Å². The SMILES string of the molecule is CC(CCc1ccco1)NCC(O)CN(C)C. The normalized spacial score (nSPS) is 15.1. The molecule has 4 heteroatoms. The smallest absolute Gasteiger partial charge is 0.103 e. The van der Waals surface area contributed by atoms with Crippen molar-refractivity contribution < 1.29 is 9.52 Å². The van der Waals surface area contributed by atoms with Crippen LogP contribution >= 0.6 is 0 Å². The summed E-state index contributed by atoms with van der Waals surface area (Å²) in [5.41, 5.74) is 0. The van der Waals surface area contributed by atoms with E-state index in [2.05, 4.69) is 12.2 Å². The molecule has 0 saturated heterocycles. The molecule has 2 atom stereocenters. The van der Waals surface area contributed by atoms with E-state index >= 15 is 0 Å². The van der Waals surface area contributed by atoms with Gasteiger partial charge in [-0.25, -0.2) is 0 Å². The molecule has 4 nitrogen and oxygen atoms in total. The number of nitrogens with one attached hydrogen (secondary N) is 1. The summed E-state index contributed by atoms with van der Waals surface area (Å²) < 4.78 is 5.28. The van der Waals surface area contributed by atoms with Gasteiger partial charge in [0.1, 0.15) is 5.76 Å². The monoisotopic (exact) mass is 240 g/mol. The number of hydrogen-bond acceptors (Lipinski definition) is 4. The summed E-state index contributed by atoms with van der Waals surface area (Å²) in [4.78, 5) is 1.99. The molecule has 0 saturated carbocycles. The van der Waals surface area contributed by atoms with Crippen LogP contribution in [0, 0.1) is 0 Å². The molecule has 1 aromatic rings. The minimum atomic E-state index is -0.309. The van der Waals surface area contributed by atoms with Crippen LogP contribution < -0.4 is 5.32 Å². The largest absolute Gasteiger partial charge is 0.469 e. The first-order valence-electron chi connectivity index (χ1n) is 6.16. The number of furan rings is 1. The van der Waals surface area contributed by atoms with E-state index in [4.69, 9.17) is 4.42 Å². The maximum Gasteiger partial charge on any atom is 0.103 e. The third-order valence-electron chi connectivity index (χ3n) is 2.68. The maximum absolute atomic E-state index is 9.70. The first-order valence-corrected chi connectivity index (χ1v) is 6.16. The molecule has 1 aromatic heterocycles. The molecular weight excluding hydrogens is 216 g/mol. The molecule has 0 amide bonds. The van der Waals surface area contributed by atoms with E-state index in [9.17, 15) is 5.11 Å². The second-order valence-electron chi connectivity index (χ2n) is 4.84. The first kappa shape index (κ1) is 14.2. The van der Waals surface area contributed by atoms with Gasteiger partial charge in [0.15, 0.2) is 0 Å². The molecule has 17 heavy (non-hydrogen) atoms. The van der Waals surface area contributed by atoms with E-state index < -0.39 is 0 Å². The molecule has 0 aliphatic heterocycles. The van der Waals surface area contributed by atoms with E-state index in [0.29, 0.717) is 19.1 Å². The van der Waals surface area contributed by atoms with Gasteiger partial charge in [0, 0.05) is 25.6 Å². The molecule has 2 N–H and O–H groups in total. The van der Waals surface area contributed by atoms with Gasteiger partial charge in [0.25, 0.3) is 0 Å². The Balaban J connectivity index is 2.10. The predicted octanol–water partition coefficient (Wildman–Crippen LogP) is 1.11. The van der Waals surface area contributed by atoms with Crippen molar-refractivity contribution in [2.45, 2.75) is 31.9 Å². The third kappa shape index (κ3) is 6.46. The summed E-state index contributed by atoms with van der Waals surface area (Å²) in [6, 6.07) is 4.29. The Kier molecular flexibility index (Phi) is 6.26. The molecule has 0 aliphatic carbocycles. The highest BCUT2D eigenvalue weighted by atomic mass is 16.3. The number of aliphatic hydroxyl groups is 1. The fourth-order valence-electron chi connectivity index (χ4n) is 1.74. The van der Waals surface area contributed by atoms with Crippen molar-refractivity contribution in [3.63, 3.8) is 0 Å². The fourth-order valence-corrected chi connectivity index (χ4v) is 1.74. The van der Waals surface area contributed by atoms with Crippen LogP contribution in [0.1, 0.15) is 19.1 Å². The Morgan fingerprint density at radius 3 is 2.82 bits per heavy atom. The van der Waals surface area contributed by atoms with Crippen LogP contribution in [0.2, 0.25) is 0 Å². The standard InChI is InChI=1S/C13H24N2O2/c1-11(6-7-13-5-4-8-17-13)14-9-12(16)10-15(2)3/h4-5,8,11-12,14,16H,6-7,9-10H2,1-3H3. The van der Waals surface area contributed by atoms with E-state index in [1.165, 1.54) is 0 Å². The number of likely N-dealkylation sites (N-methyl/N-ethyl adjacent to an activating group) is 1. The van der Waals surface area contributed by atoms with Gasteiger partial charge in [-0.3, -0.25) is 0 Å². The Morgan fingerprint density at radius 1 is 1.47 bits per heavy atom. The van der Waals surface area contributed by atoms with Crippen LogP contribution in [0.25, 0.3) is 0 Å². The van der Waals surface area contributed by atoms with Gasteiger partial charge in [-0.2, -0.15) is 0 Å². The molecule has 2 unspecified atom stereocenters. The van der Waals surface area contributed by atoms with Gasteiger partial charge in [0.2, 0.25) is 0 Å². The zero-order valence-electron chi connectivity index (χ0n) is 11.0. The zero-order chi connectivity index (χ0) is 12.7. The molecule has 1 rings (SSSR count). The quantitative estimate of drug-likeness (QED) is 0.715. The summed E-state index contributed by atoms with van der Waals surface area (Å²) >= 11 is 0. The minimum Gasteiger partial charge on any atom is -0.469 e. The van der Waals surface area contributed by atoms with Crippen molar-refractivity contribution in [1.29, 1.82) is 0 Å². The number of nitrogens with zero attached hydrogens (tertiary/aromatic N) is 1. The second kappa shape index (κ2) is 7.48. The number of aryl methyl sites for hydroxylation is 1. The van der Waals surface area contributed by atoms with Crippen LogP contribution in [-0.4, -0.2) is 49.3 Å². The lowest BCUT2D eigenvalue weighted by Gasteiger charge is -2.19. The van der Waals surface area contributed by atoms with Gasteiger partial charge in [-0.1, -0.05) is 0 Å². The Morgan fingerprint density at radius 2 is 2.24 bits per heavy atom. The van der Waals surface area contributed by atoms with Gasteiger partial charge in [-0.05, 0) is 39.6 Å². The van der Waals surface area contributed by atoms with E-state index in [0.717, 1.165) is 18.6 Å². The van der Waals surface area contributed by atoms with Crippen molar-refractivity contribution in [2.75, 3.05) is 27.2 Å². The zero-order valence-corrected chi connectivity index (χ0v) is 11.0. The highest BCUT2D eigenvalue weighted by Gasteiger charge is 2.08. The summed E-state index contributed by atoms with van der Waals surface area (Å²) in [7, 11) is 3.92. The molecule has 0 fully saturated rings. The Bertz CT molecular complexity index is 286. The topological polar surface area (TPSA) is 48.6 Å². The molecule has 0 aliphatic rings. The number of aliphatic hydroxyl groups excluding tert-OH is 1. The summed E-state index contributed by atoms with van der Waals surface area (Å²) in [6.45, 7) is 3.46. The van der Waals surface area contributed by atoms with E-state index in [-0.39, 0.29) is 6.10 Å². The highest BCUT2D eigenvalue weighted by Crippen LogP contribution is 2.05. The Hall–Kier alpha value is -0.840. The summed E-state index contributed by atoms with van der Waals surface area (Å²) in [6.07, 6.45) is 3.34. The van der Waals surface area contributed by atoms with E-state index in [1.54, 1.807) is 6.26 Å². The van der Waals surface area contributed by atoms with E-state index in [1.807, 2.05) is 31.1 Å². The van der Waals surface area contributed by atoms with Gasteiger partial charge < -0.3 is 19.7 Å². The molecule has 0 spiro atoms. The fraction of sp³-hybridized carbons (Fsp3) is 0.692.